The number of carbonyl (C=O) groups is 2. The fourth-order valence-corrected chi connectivity index (χ4v) is 2.35. The van der Waals surface area contributed by atoms with E-state index in [1.54, 1.807) is 62.6 Å². The number of nitrogens with zero attached hydrogens (tertiary/aromatic N) is 2. The van der Waals surface area contributed by atoms with Crippen LogP contribution in [0.2, 0.25) is 0 Å². The van der Waals surface area contributed by atoms with Crippen LogP contribution in [-0.4, -0.2) is 37.0 Å². The quantitative estimate of drug-likeness (QED) is 0.812. The van der Waals surface area contributed by atoms with Gasteiger partial charge in [0.15, 0.2) is 6.10 Å². The zero-order valence-electron chi connectivity index (χ0n) is 13.8. The van der Waals surface area contributed by atoms with Crippen molar-refractivity contribution in [2.75, 3.05) is 14.1 Å². The lowest BCUT2D eigenvalue weighted by molar-refractivity contribution is -0.137. The molecule has 0 fully saturated rings. The maximum absolute atomic E-state index is 12.5. The van der Waals surface area contributed by atoms with E-state index in [9.17, 15) is 14.9 Å². The molecule has 2 aromatic carbocycles. The van der Waals surface area contributed by atoms with Crippen LogP contribution >= 0.6 is 0 Å². The maximum atomic E-state index is 12.5. The van der Waals surface area contributed by atoms with E-state index in [0.29, 0.717) is 22.3 Å². The van der Waals surface area contributed by atoms with Gasteiger partial charge in [-0.3, -0.25) is 4.79 Å². The lowest BCUT2D eigenvalue weighted by Gasteiger charge is -2.18. The van der Waals surface area contributed by atoms with E-state index < -0.39 is 12.1 Å². The third-order valence-electron chi connectivity index (χ3n) is 3.56. The SMILES string of the molecule is C[C@@H](OC(=O)c1ccccc1-c1ccccc1C#N)C(=O)N(C)C. The van der Waals surface area contributed by atoms with Crippen molar-refractivity contribution < 1.29 is 14.3 Å². The van der Waals surface area contributed by atoms with Crippen LogP contribution in [0.4, 0.5) is 0 Å². The fourth-order valence-electron chi connectivity index (χ4n) is 2.35. The summed E-state index contributed by atoms with van der Waals surface area (Å²) in [7, 11) is 3.20. The minimum Gasteiger partial charge on any atom is -0.449 e. The lowest BCUT2D eigenvalue weighted by Crippen LogP contribution is -2.35. The smallest absolute Gasteiger partial charge is 0.339 e. The largest absolute Gasteiger partial charge is 0.449 e. The number of amides is 1. The first-order valence-electron chi connectivity index (χ1n) is 7.46. The highest BCUT2D eigenvalue weighted by atomic mass is 16.5. The van der Waals surface area contributed by atoms with Crippen molar-refractivity contribution in [3.05, 3.63) is 59.7 Å². The van der Waals surface area contributed by atoms with Gasteiger partial charge in [-0.15, -0.1) is 0 Å². The minimum atomic E-state index is -0.883. The van der Waals surface area contributed by atoms with Gasteiger partial charge in [-0.05, 0) is 24.6 Å². The first-order chi connectivity index (χ1) is 11.5. The Bertz CT molecular complexity index is 806. The van der Waals surface area contributed by atoms with Gasteiger partial charge in [0.1, 0.15) is 0 Å². The maximum Gasteiger partial charge on any atom is 0.339 e. The topological polar surface area (TPSA) is 70.4 Å². The summed E-state index contributed by atoms with van der Waals surface area (Å²) >= 11 is 0. The third-order valence-corrected chi connectivity index (χ3v) is 3.56. The van der Waals surface area contributed by atoms with Gasteiger partial charge in [-0.1, -0.05) is 36.4 Å². The second kappa shape index (κ2) is 7.42. The van der Waals surface area contributed by atoms with Crippen LogP contribution in [0, 0.1) is 11.3 Å². The molecular formula is C19H18N2O3. The Morgan fingerprint density at radius 2 is 1.62 bits per heavy atom. The Morgan fingerprint density at radius 3 is 2.25 bits per heavy atom. The highest BCUT2D eigenvalue weighted by Gasteiger charge is 2.22. The molecule has 0 unspecified atom stereocenters. The Kier molecular flexibility index (Phi) is 5.33. The number of carbonyl (C=O) groups excluding carboxylic acids is 2. The molecule has 5 nitrogen and oxygen atoms in total. The van der Waals surface area contributed by atoms with Gasteiger partial charge in [0.05, 0.1) is 17.2 Å². The van der Waals surface area contributed by atoms with Crippen molar-refractivity contribution >= 4 is 11.9 Å². The average molecular weight is 322 g/mol. The second-order valence-corrected chi connectivity index (χ2v) is 5.48. The molecule has 1 atom stereocenters. The van der Waals surface area contributed by atoms with Crippen molar-refractivity contribution in [3.8, 4) is 17.2 Å². The van der Waals surface area contributed by atoms with E-state index >= 15 is 0 Å². The van der Waals surface area contributed by atoms with Gasteiger partial charge in [0.25, 0.3) is 5.91 Å². The summed E-state index contributed by atoms with van der Waals surface area (Å²) in [5.74, 6) is -0.890. The van der Waals surface area contributed by atoms with Crippen LogP contribution in [0.3, 0.4) is 0 Å². The lowest BCUT2D eigenvalue weighted by atomic mass is 9.96. The van der Waals surface area contributed by atoms with Crippen molar-refractivity contribution in [2.24, 2.45) is 0 Å². The van der Waals surface area contributed by atoms with E-state index in [1.807, 2.05) is 0 Å². The summed E-state index contributed by atoms with van der Waals surface area (Å²) < 4.78 is 5.28. The van der Waals surface area contributed by atoms with Gasteiger partial charge in [0, 0.05) is 19.7 Å². The first kappa shape index (κ1) is 17.2. The van der Waals surface area contributed by atoms with E-state index in [-0.39, 0.29) is 5.91 Å². The Labute approximate surface area is 141 Å². The van der Waals surface area contributed by atoms with E-state index in [0.717, 1.165) is 0 Å². The minimum absolute atomic E-state index is 0.293. The molecule has 0 aromatic heterocycles. The monoisotopic (exact) mass is 322 g/mol. The van der Waals surface area contributed by atoms with Crippen molar-refractivity contribution in [2.45, 2.75) is 13.0 Å². The van der Waals surface area contributed by atoms with Crippen LogP contribution in [0.1, 0.15) is 22.8 Å². The van der Waals surface area contributed by atoms with Crippen LogP contribution in [0.15, 0.2) is 48.5 Å². The standard InChI is InChI=1S/C19H18N2O3/c1-13(18(22)21(2)3)24-19(23)17-11-7-6-10-16(17)15-9-5-4-8-14(15)12-20/h4-11,13H,1-3H3/t13-/m1/s1. The molecular weight excluding hydrogens is 304 g/mol. The number of esters is 1. The van der Waals surface area contributed by atoms with E-state index in [2.05, 4.69) is 6.07 Å². The second-order valence-electron chi connectivity index (χ2n) is 5.48. The number of rotatable bonds is 4. The summed E-state index contributed by atoms with van der Waals surface area (Å²) in [4.78, 5) is 25.7. The Morgan fingerprint density at radius 1 is 1.04 bits per heavy atom. The third kappa shape index (κ3) is 3.61. The summed E-state index contributed by atoms with van der Waals surface area (Å²) in [6, 6.07) is 16.0. The van der Waals surface area contributed by atoms with Gasteiger partial charge in [-0.2, -0.15) is 5.26 Å². The van der Waals surface area contributed by atoms with Gasteiger partial charge < -0.3 is 9.64 Å². The zero-order chi connectivity index (χ0) is 17.7. The molecule has 0 aliphatic heterocycles. The number of hydrogen-bond acceptors (Lipinski definition) is 4. The molecule has 0 aliphatic rings. The molecule has 0 radical (unpaired) electrons. The Balaban J connectivity index is 2.38. The normalized spacial score (nSPS) is 11.2. The number of likely N-dealkylation sites (N-methyl/N-ethyl adjacent to an activating group) is 1. The van der Waals surface area contributed by atoms with Crippen LogP contribution in [0.5, 0.6) is 0 Å². The van der Waals surface area contributed by atoms with Crippen LogP contribution in [0.25, 0.3) is 11.1 Å². The molecule has 0 saturated heterocycles. The number of nitriles is 1. The highest BCUT2D eigenvalue weighted by molar-refractivity contribution is 5.99. The Hall–Kier alpha value is -3.13. The van der Waals surface area contributed by atoms with Crippen molar-refractivity contribution in [1.82, 2.24) is 4.90 Å². The average Bonchev–Trinajstić information content (AvgIpc) is 2.60. The van der Waals surface area contributed by atoms with Crippen molar-refractivity contribution in [1.29, 1.82) is 5.26 Å². The van der Waals surface area contributed by atoms with Gasteiger partial charge in [-0.25, -0.2) is 4.79 Å². The molecule has 1 amide bonds. The summed E-state index contributed by atoms with van der Waals surface area (Å²) in [6.45, 7) is 1.53. The summed E-state index contributed by atoms with van der Waals surface area (Å²) in [5, 5.41) is 9.27. The van der Waals surface area contributed by atoms with E-state index in [1.165, 1.54) is 11.8 Å². The first-order valence-corrected chi connectivity index (χ1v) is 7.46. The van der Waals surface area contributed by atoms with Gasteiger partial charge >= 0.3 is 5.97 Å². The molecule has 0 bridgehead atoms. The predicted molar refractivity (Wildman–Crippen MR) is 90.2 cm³/mol. The molecule has 2 aromatic rings. The molecule has 5 heteroatoms. The van der Waals surface area contributed by atoms with Crippen molar-refractivity contribution in [3.63, 3.8) is 0 Å². The molecule has 2 rings (SSSR count). The number of benzene rings is 2. The molecule has 0 saturated carbocycles. The molecule has 0 aliphatic carbocycles. The highest BCUT2D eigenvalue weighted by Crippen LogP contribution is 2.27. The van der Waals surface area contributed by atoms with E-state index in [4.69, 9.17) is 4.74 Å². The molecule has 0 spiro atoms. The number of ether oxygens (including phenoxy) is 1. The summed E-state index contributed by atoms with van der Waals surface area (Å²) in [5.41, 5.74) is 2.04. The van der Waals surface area contributed by atoms with Gasteiger partial charge in [0.2, 0.25) is 0 Å². The predicted octanol–water partition coefficient (Wildman–Crippen LogP) is 2.86. The van der Waals surface area contributed by atoms with Crippen LogP contribution < -0.4 is 0 Å². The molecule has 0 heterocycles. The molecule has 24 heavy (non-hydrogen) atoms. The molecule has 122 valence electrons. The molecule has 0 N–H and O–H groups in total. The number of hydrogen-bond donors (Lipinski definition) is 0. The summed E-state index contributed by atoms with van der Waals surface area (Å²) in [6.07, 6.45) is -0.883. The fraction of sp³-hybridized carbons (Fsp3) is 0.211. The van der Waals surface area contributed by atoms with Crippen LogP contribution in [-0.2, 0) is 9.53 Å². The zero-order valence-corrected chi connectivity index (χ0v) is 13.8.